The Kier molecular flexibility index (Phi) is 5.76. The molecule has 22 heavy (non-hydrogen) atoms. The smallest absolute Gasteiger partial charge is 0.359 e. The second-order valence-electron chi connectivity index (χ2n) is 4.10. The SMILES string of the molecule is O=C(COC(=O)c1nc(Cl)ccc1Cl)Nc1cccc(Br)c1. The molecule has 1 heterocycles. The average molecular weight is 404 g/mol. The lowest BCUT2D eigenvalue weighted by molar-refractivity contribution is -0.119. The van der Waals surface area contributed by atoms with Gasteiger partial charge in [0.1, 0.15) is 5.15 Å². The maximum atomic E-state index is 11.8. The second-order valence-corrected chi connectivity index (χ2v) is 5.81. The third-order valence-electron chi connectivity index (χ3n) is 2.45. The number of hydrogen-bond donors (Lipinski definition) is 1. The molecule has 0 aliphatic heterocycles. The van der Waals surface area contributed by atoms with Crippen molar-refractivity contribution in [1.82, 2.24) is 4.98 Å². The quantitative estimate of drug-likeness (QED) is 0.619. The first-order valence-electron chi connectivity index (χ1n) is 6.00. The van der Waals surface area contributed by atoms with Gasteiger partial charge in [-0.1, -0.05) is 45.2 Å². The zero-order chi connectivity index (χ0) is 16.1. The van der Waals surface area contributed by atoms with E-state index in [1.54, 1.807) is 18.2 Å². The summed E-state index contributed by atoms with van der Waals surface area (Å²) in [5, 5.41) is 2.80. The highest BCUT2D eigenvalue weighted by Gasteiger charge is 2.16. The van der Waals surface area contributed by atoms with Crippen LogP contribution in [0.4, 0.5) is 5.69 Å². The number of carbonyl (C=O) groups is 2. The summed E-state index contributed by atoms with van der Waals surface area (Å²) in [7, 11) is 0. The van der Waals surface area contributed by atoms with Crippen LogP contribution in [0.1, 0.15) is 10.5 Å². The molecular formula is C14H9BrCl2N2O3. The molecule has 0 aliphatic carbocycles. The lowest BCUT2D eigenvalue weighted by atomic mass is 10.3. The number of ether oxygens (including phenoxy) is 1. The zero-order valence-corrected chi connectivity index (χ0v) is 14.1. The Bertz CT molecular complexity index is 725. The molecule has 2 rings (SSSR count). The Morgan fingerprint density at radius 3 is 2.73 bits per heavy atom. The molecule has 1 aromatic heterocycles. The Balaban J connectivity index is 1.93. The first-order valence-corrected chi connectivity index (χ1v) is 7.55. The van der Waals surface area contributed by atoms with Crippen molar-refractivity contribution in [2.75, 3.05) is 11.9 Å². The number of carbonyl (C=O) groups excluding carboxylic acids is 2. The van der Waals surface area contributed by atoms with Gasteiger partial charge >= 0.3 is 5.97 Å². The highest BCUT2D eigenvalue weighted by atomic mass is 79.9. The number of esters is 1. The fourth-order valence-electron chi connectivity index (χ4n) is 1.52. The van der Waals surface area contributed by atoms with Gasteiger partial charge in [0.25, 0.3) is 5.91 Å². The van der Waals surface area contributed by atoms with Gasteiger partial charge in [0.2, 0.25) is 0 Å². The van der Waals surface area contributed by atoms with Crippen molar-refractivity contribution >= 4 is 56.7 Å². The van der Waals surface area contributed by atoms with Gasteiger partial charge in [-0.15, -0.1) is 0 Å². The molecular weight excluding hydrogens is 395 g/mol. The van der Waals surface area contributed by atoms with Gasteiger partial charge in [-0.25, -0.2) is 9.78 Å². The van der Waals surface area contributed by atoms with Gasteiger partial charge in [0, 0.05) is 10.2 Å². The number of rotatable bonds is 4. The lowest BCUT2D eigenvalue weighted by Crippen LogP contribution is -2.21. The minimum atomic E-state index is -0.822. The number of anilines is 1. The summed E-state index contributed by atoms with van der Waals surface area (Å²) in [6.45, 7) is -0.462. The fraction of sp³-hybridized carbons (Fsp3) is 0.0714. The van der Waals surface area contributed by atoms with E-state index >= 15 is 0 Å². The largest absolute Gasteiger partial charge is 0.451 e. The number of hydrogen-bond acceptors (Lipinski definition) is 4. The molecule has 114 valence electrons. The van der Waals surface area contributed by atoms with Crippen molar-refractivity contribution in [3.05, 3.63) is 56.7 Å². The molecule has 1 aromatic carbocycles. The van der Waals surface area contributed by atoms with Crippen LogP contribution < -0.4 is 5.32 Å². The molecule has 0 fully saturated rings. The summed E-state index contributed by atoms with van der Waals surface area (Å²) < 4.78 is 5.68. The summed E-state index contributed by atoms with van der Waals surface area (Å²) in [4.78, 5) is 27.3. The maximum absolute atomic E-state index is 11.8. The first kappa shape index (κ1) is 16.7. The van der Waals surface area contributed by atoms with E-state index in [0.717, 1.165) is 4.47 Å². The number of nitrogens with zero attached hydrogens (tertiary/aromatic N) is 1. The fourth-order valence-corrected chi connectivity index (χ4v) is 2.25. The number of amides is 1. The predicted octanol–water partition coefficient (Wildman–Crippen LogP) is 3.95. The molecule has 8 heteroatoms. The topological polar surface area (TPSA) is 68.3 Å². The molecule has 1 N–H and O–H groups in total. The van der Waals surface area contributed by atoms with Gasteiger partial charge in [0.15, 0.2) is 12.3 Å². The van der Waals surface area contributed by atoms with Gasteiger partial charge in [0.05, 0.1) is 5.02 Å². The van der Waals surface area contributed by atoms with E-state index in [1.807, 2.05) is 6.07 Å². The summed E-state index contributed by atoms with van der Waals surface area (Å²) in [5.41, 5.74) is 0.443. The van der Waals surface area contributed by atoms with Crippen molar-refractivity contribution in [2.24, 2.45) is 0 Å². The van der Waals surface area contributed by atoms with Crippen LogP contribution in [0.3, 0.4) is 0 Å². The zero-order valence-electron chi connectivity index (χ0n) is 11.0. The molecule has 5 nitrogen and oxygen atoms in total. The minimum Gasteiger partial charge on any atom is -0.451 e. The normalized spacial score (nSPS) is 10.1. The minimum absolute atomic E-state index is 0.0989. The van der Waals surface area contributed by atoms with Crippen LogP contribution in [0.2, 0.25) is 10.2 Å². The van der Waals surface area contributed by atoms with E-state index in [-0.39, 0.29) is 15.9 Å². The highest BCUT2D eigenvalue weighted by molar-refractivity contribution is 9.10. The van der Waals surface area contributed by atoms with Crippen molar-refractivity contribution < 1.29 is 14.3 Å². The standard InChI is InChI=1S/C14H9BrCl2N2O3/c15-8-2-1-3-9(6-8)18-12(20)7-22-14(21)13-10(16)4-5-11(17)19-13/h1-6H,7H2,(H,18,20). The van der Waals surface area contributed by atoms with Crippen LogP contribution in [0.25, 0.3) is 0 Å². The monoisotopic (exact) mass is 402 g/mol. The molecule has 0 saturated heterocycles. The Morgan fingerprint density at radius 1 is 1.23 bits per heavy atom. The Hall–Kier alpha value is -1.63. The number of aromatic nitrogens is 1. The van der Waals surface area contributed by atoms with Crippen molar-refractivity contribution in [2.45, 2.75) is 0 Å². The third-order valence-corrected chi connectivity index (χ3v) is 3.46. The van der Waals surface area contributed by atoms with E-state index < -0.39 is 18.5 Å². The van der Waals surface area contributed by atoms with Crippen LogP contribution in [0.15, 0.2) is 40.9 Å². The maximum Gasteiger partial charge on any atom is 0.359 e. The number of benzene rings is 1. The molecule has 1 amide bonds. The van der Waals surface area contributed by atoms with Gasteiger partial charge in [-0.3, -0.25) is 4.79 Å². The molecule has 0 saturated carbocycles. The molecule has 2 aromatic rings. The van der Waals surface area contributed by atoms with Crippen LogP contribution in [0, 0.1) is 0 Å². The van der Waals surface area contributed by atoms with Gasteiger partial charge < -0.3 is 10.1 Å². The Morgan fingerprint density at radius 2 is 2.00 bits per heavy atom. The van der Waals surface area contributed by atoms with Gasteiger partial charge in [-0.05, 0) is 30.3 Å². The first-order chi connectivity index (χ1) is 10.5. The van der Waals surface area contributed by atoms with E-state index in [4.69, 9.17) is 27.9 Å². The second kappa shape index (κ2) is 7.58. The summed E-state index contributed by atoms with van der Waals surface area (Å²) in [6.07, 6.45) is 0. The average Bonchev–Trinajstić information content (AvgIpc) is 2.47. The summed E-state index contributed by atoms with van der Waals surface area (Å²) in [5.74, 6) is -1.30. The predicted molar refractivity (Wildman–Crippen MR) is 87.3 cm³/mol. The van der Waals surface area contributed by atoms with E-state index in [1.165, 1.54) is 12.1 Å². The van der Waals surface area contributed by atoms with Crippen molar-refractivity contribution in [3.8, 4) is 0 Å². The molecule has 0 bridgehead atoms. The molecule has 0 spiro atoms. The molecule has 0 atom stereocenters. The third kappa shape index (κ3) is 4.69. The number of halogens is 3. The van der Waals surface area contributed by atoms with Crippen LogP contribution in [-0.2, 0) is 9.53 Å². The van der Waals surface area contributed by atoms with Crippen molar-refractivity contribution in [3.63, 3.8) is 0 Å². The summed E-state index contributed by atoms with van der Waals surface area (Å²) >= 11 is 14.8. The van der Waals surface area contributed by atoms with Crippen LogP contribution in [-0.4, -0.2) is 23.5 Å². The molecule has 0 aliphatic rings. The lowest BCUT2D eigenvalue weighted by Gasteiger charge is -2.07. The van der Waals surface area contributed by atoms with Gasteiger partial charge in [-0.2, -0.15) is 0 Å². The van der Waals surface area contributed by atoms with Crippen LogP contribution >= 0.6 is 39.1 Å². The van der Waals surface area contributed by atoms with Crippen molar-refractivity contribution in [1.29, 1.82) is 0 Å². The van der Waals surface area contributed by atoms with Crippen LogP contribution in [0.5, 0.6) is 0 Å². The van der Waals surface area contributed by atoms with E-state index in [2.05, 4.69) is 26.2 Å². The Labute approximate surface area is 144 Å². The number of nitrogens with one attached hydrogen (secondary N) is 1. The summed E-state index contributed by atoms with van der Waals surface area (Å²) in [6, 6.07) is 9.88. The highest BCUT2D eigenvalue weighted by Crippen LogP contribution is 2.18. The number of pyridine rings is 1. The van der Waals surface area contributed by atoms with E-state index in [9.17, 15) is 9.59 Å². The molecule has 0 radical (unpaired) electrons. The molecule has 0 unspecified atom stereocenters. The van der Waals surface area contributed by atoms with E-state index in [0.29, 0.717) is 5.69 Å².